The molecule has 0 amide bonds. The lowest BCUT2D eigenvalue weighted by molar-refractivity contribution is 0.893. The molecule has 1 atom stereocenters. The van der Waals surface area contributed by atoms with Crippen LogP contribution < -0.4 is 5.73 Å². The second-order valence-corrected chi connectivity index (χ2v) is 5.79. The minimum atomic E-state index is -0.340. The number of aryl methyl sites for hydroxylation is 1. The fraction of sp³-hybridized carbons (Fsp3) is 0.167. The molecule has 1 unspecified atom stereocenters. The molecule has 0 bridgehead atoms. The van der Waals surface area contributed by atoms with Crippen LogP contribution in [0.1, 0.15) is 22.0 Å². The Labute approximate surface area is 119 Å². The van der Waals surface area contributed by atoms with Crippen molar-refractivity contribution in [2.45, 2.75) is 13.0 Å². The number of hydrogen-bond acceptors (Lipinski definition) is 2. The van der Waals surface area contributed by atoms with E-state index in [9.17, 15) is 0 Å². The zero-order chi connectivity index (χ0) is 12.6. The van der Waals surface area contributed by atoms with E-state index in [4.69, 9.17) is 40.5 Å². The van der Waals surface area contributed by atoms with Crippen molar-refractivity contribution in [3.05, 3.63) is 54.7 Å². The van der Waals surface area contributed by atoms with Gasteiger partial charge in [0, 0.05) is 4.88 Å². The lowest BCUT2D eigenvalue weighted by Gasteiger charge is -2.13. The standard InChI is InChI=1S/C12H10Cl3NS/c1-6-5-17-12(9(6)14)11(16)7-3-2-4-8(13)10(7)15/h2-5,11H,16H2,1H3. The smallest absolute Gasteiger partial charge is 0.0676 e. The van der Waals surface area contributed by atoms with Gasteiger partial charge >= 0.3 is 0 Å². The first kappa shape index (κ1) is 13.2. The maximum atomic E-state index is 6.20. The zero-order valence-electron chi connectivity index (χ0n) is 9.01. The molecule has 0 fully saturated rings. The summed E-state index contributed by atoms with van der Waals surface area (Å²) in [6.45, 7) is 1.95. The molecule has 90 valence electrons. The van der Waals surface area contributed by atoms with E-state index in [1.54, 1.807) is 6.07 Å². The highest BCUT2D eigenvalue weighted by Crippen LogP contribution is 2.38. The molecule has 0 aliphatic carbocycles. The average Bonchev–Trinajstić information content (AvgIpc) is 2.63. The summed E-state index contributed by atoms with van der Waals surface area (Å²) in [5.41, 5.74) is 8.01. The second kappa shape index (κ2) is 5.17. The van der Waals surface area contributed by atoms with Crippen LogP contribution in [0, 0.1) is 6.92 Å². The minimum Gasteiger partial charge on any atom is -0.320 e. The SMILES string of the molecule is Cc1csc(C(N)c2cccc(Cl)c2Cl)c1Cl. The third kappa shape index (κ3) is 2.47. The molecule has 0 aliphatic rings. The van der Waals surface area contributed by atoms with Gasteiger partial charge in [0.05, 0.1) is 21.1 Å². The van der Waals surface area contributed by atoms with E-state index < -0.39 is 0 Å². The molecule has 0 saturated carbocycles. The fourth-order valence-electron chi connectivity index (χ4n) is 1.56. The van der Waals surface area contributed by atoms with Gasteiger partial charge in [0.2, 0.25) is 0 Å². The Balaban J connectivity index is 2.47. The summed E-state index contributed by atoms with van der Waals surface area (Å²) < 4.78 is 0. The van der Waals surface area contributed by atoms with Crippen molar-refractivity contribution in [3.8, 4) is 0 Å². The van der Waals surface area contributed by atoms with Crippen molar-refractivity contribution in [2.75, 3.05) is 0 Å². The number of benzene rings is 1. The monoisotopic (exact) mass is 305 g/mol. The second-order valence-electron chi connectivity index (χ2n) is 3.72. The van der Waals surface area contributed by atoms with Crippen LogP contribution in [0.4, 0.5) is 0 Å². The van der Waals surface area contributed by atoms with Gasteiger partial charge < -0.3 is 5.73 Å². The molecule has 0 radical (unpaired) electrons. The Hall–Kier alpha value is -0.250. The zero-order valence-corrected chi connectivity index (χ0v) is 12.1. The Kier molecular flexibility index (Phi) is 4.01. The summed E-state index contributed by atoms with van der Waals surface area (Å²) in [7, 11) is 0. The summed E-state index contributed by atoms with van der Waals surface area (Å²) in [6.07, 6.45) is 0. The highest BCUT2D eigenvalue weighted by atomic mass is 35.5. The van der Waals surface area contributed by atoms with Crippen molar-refractivity contribution in [1.29, 1.82) is 0 Å². The molecule has 17 heavy (non-hydrogen) atoms. The van der Waals surface area contributed by atoms with Crippen LogP contribution in [-0.4, -0.2) is 0 Å². The lowest BCUT2D eigenvalue weighted by Crippen LogP contribution is -2.11. The van der Waals surface area contributed by atoms with Crippen LogP contribution in [0.2, 0.25) is 15.1 Å². The van der Waals surface area contributed by atoms with E-state index in [-0.39, 0.29) is 6.04 Å². The first-order chi connectivity index (χ1) is 8.02. The summed E-state index contributed by atoms with van der Waals surface area (Å²) in [5.74, 6) is 0. The molecule has 0 spiro atoms. The van der Waals surface area contributed by atoms with Gasteiger partial charge in [-0.3, -0.25) is 0 Å². The third-order valence-corrected chi connectivity index (χ3v) is 5.15. The lowest BCUT2D eigenvalue weighted by atomic mass is 10.1. The predicted molar refractivity (Wildman–Crippen MR) is 76.6 cm³/mol. The Morgan fingerprint density at radius 3 is 2.47 bits per heavy atom. The third-order valence-electron chi connectivity index (χ3n) is 2.52. The van der Waals surface area contributed by atoms with Gasteiger partial charge in [-0.05, 0) is 29.5 Å². The summed E-state index contributed by atoms with van der Waals surface area (Å²) in [5, 5.41) is 3.68. The first-order valence-corrected chi connectivity index (χ1v) is 6.96. The maximum Gasteiger partial charge on any atom is 0.0676 e. The number of halogens is 3. The molecule has 1 aromatic carbocycles. The van der Waals surface area contributed by atoms with E-state index in [0.717, 1.165) is 16.0 Å². The number of hydrogen-bond donors (Lipinski definition) is 1. The number of nitrogens with two attached hydrogens (primary N) is 1. The fourth-order valence-corrected chi connectivity index (χ4v) is 3.32. The van der Waals surface area contributed by atoms with Crippen LogP contribution in [-0.2, 0) is 0 Å². The largest absolute Gasteiger partial charge is 0.320 e. The molecule has 5 heteroatoms. The molecule has 1 nitrogen and oxygen atoms in total. The van der Waals surface area contributed by atoms with Crippen molar-refractivity contribution >= 4 is 46.1 Å². The minimum absolute atomic E-state index is 0.340. The van der Waals surface area contributed by atoms with Crippen molar-refractivity contribution < 1.29 is 0 Å². The van der Waals surface area contributed by atoms with Crippen LogP contribution >= 0.6 is 46.1 Å². The predicted octanol–water partition coefficient (Wildman–Crippen LogP) is 5.06. The Bertz CT molecular complexity index is 551. The highest BCUT2D eigenvalue weighted by molar-refractivity contribution is 7.10. The topological polar surface area (TPSA) is 26.0 Å². The molecule has 0 aliphatic heterocycles. The normalized spacial score (nSPS) is 12.8. The van der Waals surface area contributed by atoms with Crippen molar-refractivity contribution in [2.24, 2.45) is 5.73 Å². The summed E-state index contributed by atoms with van der Waals surface area (Å²) in [6, 6.07) is 5.09. The van der Waals surface area contributed by atoms with Crippen LogP contribution in [0.25, 0.3) is 0 Å². The first-order valence-electron chi connectivity index (χ1n) is 4.95. The Morgan fingerprint density at radius 2 is 1.88 bits per heavy atom. The molecule has 2 N–H and O–H groups in total. The Morgan fingerprint density at radius 1 is 1.18 bits per heavy atom. The molecular weight excluding hydrogens is 297 g/mol. The maximum absolute atomic E-state index is 6.20. The molecule has 2 aromatic rings. The molecule has 2 rings (SSSR count). The van der Waals surface area contributed by atoms with Gasteiger partial charge in [-0.1, -0.05) is 46.9 Å². The van der Waals surface area contributed by atoms with Gasteiger partial charge in [0.15, 0.2) is 0 Å². The van der Waals surface area contributed by atoms with E-state index in [0.29, 0.717) is 15.1 Å². The van der Waals surface area contributed by atoms with Crippen molar-refractivity contribution in [3.63, 3.8) is 0 Å². The number of thiophene rings is 1. The van der Waals surface area contributed by atoms with E-state index in [2.05, 4.69) is 0 Å². The van der Waals surface area contributed by atoms with E-state index >= 15 is 0 Å². The summed E-state index contributed by atoms with van der Waals surface area (Å²) >= 11 is 19.9. The number of rotatable bonds is 2. The van der Waals surface area contributed by atoms with Crippen LogP contribution in [0.5, 0.6) is 0 Å². The molecule has 1 aromatic heterocycles. The van der Waals surface area contributed by atoms with Gasteiger partial charge in [0.25, 0.3) is 0 Å². The van der Waals surface area contributed by atoms with Crippen molar-refractivity contribution in [1.82, 2.24) is 0 Å². The van der Waals surface area contributed by atoms with E-state index in [1.165, 1.54) is 11.3 Å². The van der Waals surface area contributed by atoms with Gasteiger partial charge in [-0.25, -0.2) is 0 Å². The molecule has 0 saturated heterocycles. The van der Waals surface area contributed by atoms with Crippen LogP contribution in [0.3, 0.4) is 0 Å². The van der Waals surface area contributed by atoms with Gasteiger partial charge in [-0.2, -0.15) is 0 Å². The average molecular weight is 307 g/mol. The molecule has 1 heterocycles. The quantitative estimate of drug-likeness (QED) is 0.824. The van der Waals surface area contributed by atoms with Gasteiger partial charge in [-0.15, -0.1) is 11.3 Å². The summed E-state index contributed by atoms with van der Waals surface area (Å²) in [4.78, 5) is 0.910. The van der Waals surface area contributed by atoms with E-state index in [1.807, 2.05) is 24.4 Å². The highest BCUT2D eigenvalue weighted by Gasteiger charge is 2.19. The van der Waals surface area contributed by atoms with Crippen LogP contribution in [0.15, 0.2) is 23.6 Å². The van der Waals surface area contributed by atoms with Gasteiger partial charge in [0.1, 0.15) is 0 Å². The molecular formula is C12H10Cl3NS.